The number of hydrazine groups is 1. The molecule has 2 fully saturated rings. The fourth-order valence-corrected chi connectivity index (χ4v) is 5.60. The van der Waals surface area contributed by atoms with E-state index in [-0.39, 0.29) is 0 Å². The highest BCUT2D eigenvalue weighted by Crippen LogP contribution is 2.35. The van der Waals surface area contributed by atoms with Gasteiger partial charge in [-0.2, -0.15) is 5.01 Å². The molecule has 0 saturated carbocycles. The first-order valence-corrected chi connectivity index (χ1v) is 13.8. The van der Waals surface area contributed by atoms with Gasteiger partial charge in [0.2, 0.25) is 0 Å². The number of hydrogen-bond donors (Lipinski definition) is 1. The maximum atomic E-state index is 14.3. The van der Waals surface area contributed by atoms with Gasteiger partial charge in [0.25, 0.3) is 5.91 Å². The lowest BCUT2D eigenvalue weighted by atomic mass is 9.94. The van der Waals surface area contributed by atoms with Gasteiger partial charge in [-0.05, 0) is 18.2 Å². The number of carbonyl (C=O) groups is 2. The molecule has 41 heavy (non-hydrogen) atoms. The number of benzene rings is 3. The molecule has 1 spiro atoms. The summed E-state index contributed by atoms with van der Waals surface area (Å²) in [6, 6.07) is 26.3. The number of para-hydroxylation sites is 2. The van der Waals surface area contributed by atoms with Crippen LogP contribution in [0.15, 0.2) is 84.9 Å². The Labute approximate surface area is 238 Å². The third kappa shape index (κ3) is 5.52. The fraction of sp³-hybridized carbons (Fsp3) is 0.281. The number of nitrogens with zero attached hydrogens (tertiary/aromatic N) is 3. The quantitative estimate of drug-likeness (QED) is 0.342. The first-order valence-electron chi connectivity index (χ1n) is 13.8. The SMILES string of the molecule is COC(=O)N(NC(=O)c1c(CN2CCC3(CC2)OCCO3)c(-c2ccccc2)nc2ccccc12)c1ccccc1. The van der Waals surface area contributed by atoms with Gasteiger partial charge in [-0.3, -0.25) is 15.1 Å². The topological polar surface area (TPSA) is 93.2 Å². The molecule has 0 aliphatic carbocycles. The number of anilines is 1. The Bertz CT molecular complexity index is 1530. The van der Waals surface area contributed by atoms with Crippen LogP contribution in [0.1, 0.15) is 28.8 Å². The molecule has 9 heteroatoms. The van der Waals surface area contributed by atoms with Crippen molar-refractivity contribution in [2.45, 2.75) is 25.2 Å². The summed E-state index contributed by atoms with van der Waals surface area (Å²) < 4.78 is 16.9. The van der Waals surface area contributed by atoms with Gasteiger partial charge in [0.05, 0.1) is 42.8 Å². The monoisotopic (exact) mass is 552 g/mol. The predicted octanol–water partition coefficient (Wildman–Crippen LogP) is 5.16. The van der Waals surface area contributed by atoms with Crippen molar-refractivity contribution in [3.8, 4) is 11.3 Å². The van der Waals surface area contributed by atoms with Crippen LogP contribution in [0, 0.1) is 0 Å². The Hall–Kier alpha value is -4.31. The van der Waals surface area contributed by atoms with E-state index >= 15 is 0 Å². The Morgan fingerprint density at radius 3 is 2.24 bits per heavy atom. The van der Waals surface area contributed by atoms with Gasteiger partial charge in [0.15, 0.2) is 5.79 Å². The number of nitrogens with one attached hydrogen (secondary N) is 1. The molecule has 0 radical (unpaired) electrons. The van der Waals surface area contributed by atoms with E-state index in [1.807, 2.05) is 60.7 Å². The molecule has 1 N–H and O–H groups in total. The number of likely N-dealkylation sites (tertiary alicyclic amines) is 1. The molecule has 3 heterocycles. The summed E-state index contributed by atoms with van der Waals surface area (Å²) in [5.74, 6) is -0.932. The van der Waals surface area contributed by atoms with E-state index < -0.39 is 17.8 Å². The molecule has 2 aliphatic heterocycles. The highest BCUT2D eigenvalue weighted by molar-refractivity contribution is 6.10. The zero-order valence-corrected chi connectivity index (χ0v) is 22.9. The van der Waals surface area contributed by atoms with Gasteiger partial charge in [-0.1, -0.05) is 66.7 Å². The van der Waals surface area contributed by atoms with Crippen LogP contribution < -0.4 is 10.4 Å². The van der Waals surface area contributed by atoms with Gasteiger partial charge >= 0.3 is 6.09 Å². The third-order valence-corrected chi connectivity index (χ3v) is 7.67. The molecular formula is C32H32N4O5. The van der Waals surface area contributed by atoms with E-state index in [2.05, 4.69) is 10.3 Å². The maximum absolute atomic E-state index is 14.3. The second-order valence-corrected chi connectivity index (χ2v) is 10.2. The summed E-state index contributed by atoms with van der Waals surface area (Å²) >= 11 is 0. The number of rotatable bonds is 5. The first kappa shape index (κ1) is 26.9. The molecule has 210 valence electrons. The minimum Gasteiger partial charge on any atom is -0.451 e. The van der Waals surface area contributed by atoms with E-state index in [1.54, 1.807) is 24.3 Å². The second-order valence-electron chi connectivity index (χ2n) is 10.2. The van der Waals surface area contributed by atoms with Crippen LogP contribution >= 0.6 is 0 Å². The lowest BCUT2D eigenvalue weighted by molar-refractivity contribution is -0.185. The normalized spacial score (nSPS) is 16.5. The van der Waals surface area contributed by atoms with Gasteiger partial charge < -0.3 is 14.2 Å². The lowest BCUT2D eigenvalue weighted by Gasteiger charge is -2.38. The number of fused-ring (bicyclic) bond motifs is 1. The van der Waals surface area contributed by atoms with E-state index in [0.29, 0.717) is 41.9 Å². The van der Waals surface area contributed by atoms with Gasteiger partial charge in [0.1, 0.15) is 0 Å². The Morgan fingerprint density at radius 2 is 1.56 bits per heavy atom. The predicted molar refractivity (Wildman–Crippen MR) is 155 cm³/mol. The smallest absolute Gasteiger partial charge is 0.433 e. The third-order valence-electron chi connectivity index (χ3n) is 7.67. The number of amides is 2. The Morgan fingerprint density at radius 1 is 0.927 bits per heavy atom. The van der Waals surface area contributed by atoms with Crippen molar-refractivity contribution in [3.63, 3.8) is 0 Å². The molecule has 4 aromatic rings. The maximum Gasteiger partial charge on any atom is 0.433 e. The van der Waals surface area contributed by atoms with Crippen molar-refractivity contribution in [2.24, 2.45) is 0 Å². The standard InChI is InChI=1S/C32H32N4O5/c1-39-31(38)36(24-12-6-3-7-13-24)34-30(37)28-25-14-8-9-15-27(25)33-29(23-10-4-2-5-11-23)26(28)22-35-18-16-32(17-19-35)40-20-21-41-32/h2-15H,16-22H2,1H3,(H,34,37). The zero-order valence-electron chi connectivity index (χ0n) is 22.9. The fourth-order valence-electron chi connectivity index (χ4n) is 5.60. The molecule has 9 nitrogen and oxygen atoms in total. The van der Waals surface area contributed by atoms with Crippen molar-refractivity contribution in [2.75, 3.05) is 38.4 Å². The highest BCUT2D eigenvalue weighted by atomic mass is 16.7. The molecule has 3 aromatic carbocycles. The van der Waals surface area contributed by atoms with E-state index in [9.17, 15) is 9.59 Å². The summed E-state index contributed by atoms with van der Waals surface area (Å²) in [4.78, 5) is 34.4. The summed E-state index contributed by atoms with van der Waals surface area (Å²) in [5.41, 5.74) is 6.88. The minimum absolute atomic E-state index is 0.430. The number of carbonyl (C=O) groups excluding carboxylic acids is 2. The summed E-state index contributed by atoms with van der Waals surface area (Å²) in [6.07, 6.45) is 0.798. The van der Waals surface area contributed by atoms with E-state index in [1.165, 1.54) is 7.11 Å². The van der Waals surface area contributed by atoms with Crippen molar-refractivity contribution in [3.05, 3.63) is 96.1 Å². The largest absolute Gasteiger partial charge is 0.451 e. The molecule has 2 amide bonds. The van der Waals surface area contributed by atoms with Gasteiger partial charge in [-0.15, -0.1) is 0 Å². The van der Waals surface area contributed by atoms with Crippen LogP contribution in [0.5, 0.6) is 0 Å². The Balaban J connectivity index is 1.44. The summed E-state index contributed by atoms with van der Waals surface area (Å²) in [7, 11) is 1.28. The van der Waals surface area contributed by atoms with E-state index in [4.69, 9.17) is 19.2 Å². The molecule has 2 saturated heterocycles. The zero-order chi connectivity index (χ0) is 28.2. The van der Waals surface area contributed by atoms with Crippen LogP contribution in [0.3, 0.4) is 0 Å². The molecular weight excluding hydrogens is 520 g/mol. The van der Waals surface area contributed by atoms with Crippen molar-refractivity contribution in [1.29, 1.82) is 0 Å². The van der Waals surface area contributed by atoms with Crippen LogP contribution in [-0.2, 0) is 20.8 Å². The van der Waals surface area contributed by atoms with Crippen LogP contribution in [-0.4, -0.2) is 61.1 Å². The average molecular weight is 553 g/mol. The number of hydrogen-bond acceptors (Lipinski definition) is 7. The van der Waals surface area contributed by atoms with Crippen molar-refractivity contribution >= 4 is 28.6 Å². The molecule has 0 atom stereocenters. The van der Waals surface area contributed by atoms with E-state index in [0.717, 1.165) is 47.8 Å². The van der Waals surface area contributed by atoms with Crippen molar-refractivity contribution in [1.82, 2.24) is 15.3 Å². The minimum atomic E-state index is -0.703. The second kappa shape index (κ2) is 11.7. The van der Waals surface area contributed by atoms with Crippen LogP contribution in [0.4, 0.5) is 10.5 Å². The van der Waals surface area contributed by atoms with Crippen molar-refractivity contribution < 1.29 is 23.8 Å². The lowest BCUT2D eigenvalue weighted by Crippen LogP contribution is -2.47. The number of pyridine rings is 1. The molecule has 6 rings (SSSR count). The van der Waals surface area contributed by atoms with Crippen LogP contribution in [0.25, 0.3) is 22.2 Å². The molecule has 0 unspecified atom stereocenters. The summed E-state index contributed by atoms with van der Waals surface area (Å²) in [6.45, 7) is 3.23. The highest BCUT2D eigenvalue weighted by Gasteiger charge is 2.40. The van der Waals surface area contributed by atoms with Crippen LogP contribution in [0.2, 0.25) is 0 Å². The molecule has 1 aromatic heterocycles. The first-order chi connectivity index (χ1) is 20.1. The molecule has 2 aliphatic rings. The average Bonchev–Trinajstić information content (AvgIpc) is 3.48. The number of ether oxygens (including phenoxy) is 3. The Kier molecular flexibility index (Phi) is 7.65. The molecule has 0 bridgehead atoms. The number of aromatic nitrogens is 1. The number of piperidine rings is 1. The van der Waals surface area contributed by atoms with Gasteiger partial charge in [-0.25, -0.2) is 9.78 Å². The van der Waals surface area contributed by atoms with Gasteiger partial charge in [0, 0.05) is 49.0 Å². The number of methoxy groups -OCH3 is 1. The summed E-state index contributed by atoms with van der Waals surface area (Å²) in [5, 5.41) is 1.83.